The first-order chi connectivity index (χ1) is 12.2. The van der Waals surface area contributed by atoms with E-state index in [1.54, 1.807) is 0 Å². The predicted molar refractivity (Wildman–Crippen MR) is 99.9 cm³/mol. The van der Waals surface area contributed by atoms with E-state index in [-0.39, 0.29) is 36.9 Å². The largest absolute Gasteiger partial charge is 0.465 e. The summed E-state index contributed by atoms with van der Waals surface area (Å²) in [5, 5.41) is 10.2. The van der Waals surface area contributed by atoms with Crippen molar-refractivity contribution >= 4 is 11.9 Å². The molecule has 1 aliphatic carbocycles. The highest BCUT2D eigenvalue weighted by atomic mass is 16.5. The van der Waals surface area contributed by atoms with Crippen molar-refractivity contribution in [1.29, 1.82) is 5.26 Å². The monoisotopic (exact) mass is 365 g/mol. The van der Waals surface area contributed by atoms with Gasteiger partial charge in [0.05, 0.1) is 25.2 Å². The lowest BCUT2D eigenvalue weighted by Gasteiger charge is -2.38. The third kappa shape index (κ3) is 5.22. The Hall–Kier alpha value is -1.57. The minimum atomic E-state index is -1.46. The quantitative estimate of drug-likeness (QED) is 0.568. The van der Waals surface area contributed by atoms with Crippen LogP contribution in [-0.4, -0.2) is 25.2 Å². The number of rotatable bonds is 9. The summed E-state index contributed by atoms with van der Waals surface area (Å²) in [6.07, 6.45) is 3.48. The Morgan fingerprint density at radius 3 is 1.92 bits per heavy atom. The molecular weight excluding hydrogens is 330 g/mol. The van der Waals surface area contributed by atoms with Gasteiger partial charge in [-0.2, -0.15) is 5.26 Å². The number of hydrogen-bond acceptors (Lipinski definition) is 5. The van der Waals surface area contributed by atoms with Crippen LogP contribution in [0.3, 0.4) is 0 Å². The number of hydrogen-bond donors (Lipinski definition) is 0. The van der Waals surface area contributed by atoms with Crippen LogP contribution in [0.25, 0.3) is 0 Å². The SMILES string of the molecule is CC(C)COC(=O)C(C(C)C)C(C#N)(C(=O)OCC(C)C)C1CCCC1. The fourth-order valence-electron chi connectivity index (χ4n) is 3.82. The van der Waals surface area contributed by atoms with Gasteiger partial charge in [0.15, 0.2) is 5.41 Å². The summed E-state index contributed by atoms with van der Waals surface area (Å²) in [6.45, 7) is 12.1. The summed E-state index contributed by atoms with van der Waals surface area (Å²) in [4.78, 5) is 26.0. The maximum atomic E-state index is 13.1. The number of carbonyl (C=O) groups is 2. The van der Waals surface area contributed by atoms with Gasteiger partial charge >= 0.3 is 11.9 Å². The van der Waals surface area contributed by atoms with Gasteiger partial charge in [-0.05, 0) is 36.5 Å². The summed E-state index contributed by atoms with van der Waals surface area (Å²) in [7, 11) is 0. The van der Waals surface area contributed by atoms with Crippen molar-refractivity contribution in [2.75, 3.05) is 13.2 Å². The average Bonchev–Trinajstić information content (AvgIpc) is 3.09. The van der Waals surface area contributed by atoms with E-state index >= 15 is 0 Å². The molecule has 2 atom stereocenters. The fourth-order valence-corrected chi connectivity index (χ4v) is 3.82. The van der Waals surface area contributed by atoms with Crippen molar-refractivity contribution in [3.8, 4) is 6.07 Å². The Morgan fingerprint density at radius 2 is 1.50 bits per heavy atom. The van der Waals surface area contributed by atoms with Gasteiger partial charge in [-0.15, -0.1) is 0 Å². The molecule has 0 aromatic heterocycles. The Morgan fingerprint density at radius 1 is 1.00 bits per heavy atom. The van der Waals surface area contributed by atoms with Gasteiger partial charge in [0.2, 0.25) is 0 Å². The summed E-state index contributed by atoms with van der Waals surface area (Å²) in [5.74, 6) is -1.81. The highest BCUT2D eigenvalue weighted by Crippen LogP contribution is 2.48. The van der Waals surface area contributed by atoms with Crippen LogP contribution in [0.5, 0.6) is 0 Å². The minimum absolute atomic E-state index is 0.161. The number of esters is 2. The number of nitriles is 1. The molecule has 0 radical (unpaired) electrons. The first-order valence-corrected chi connectivity index (χ1v) is 9.91. The normalized spacial score (nSPS) is 18.6. The van der Waals surface area contributed by atoms with Gasteiger partial charge < -0.3 is 9.47 Å². The molecule has 0 N–H and O–H groups in total. The maximum Gasteiger partial charge on any atom is 0.327 e. The number of carbonyl (C=O) groups excluding carboxylic acids is 2. The molecule has 5 heteroatoms. The first kappa shape index (κ1) is 22.5. The second kappa shape index (κ2) is 9.94. The van der Waals surface area contributed by atoms with Gasteiger partial charge in [0.25, 0.3) is 0 Å². The van der Waals surface area contributed by atoms with Crippen molar-refractivity contribution in [1.82, 2.24) is 0 Å². The molecule has 0 aromatic carbocycles. The molecule has 1 aliphatic rings. The lowest BCUT2D eigenvalue weighted by atomic mass is 9.63. The van der Waals surface area contributed by atoms with Gasteiger partial charge in [0.1, 0.15) is 0 Å². The van der Waals surface area contributed by atoms with Crippen molar-refractivity contribution in [3.63, 3.8) is 0 Å². The molecule has 1 fully saturated rings. The molecule has 5 nitrogen and oxygen atoms in total. The summed E-state index contributed by atoms with van der Waals surface area (Å²) >= 11 is 0. The molecule has 0 bridgehead atoms. The molecule has 0 amide bonds. The zero-order valence-corrected chi connectivity index (χ0v) is 17.2. The molecule has 148 valence electrons. The highest BCUT2D eigenvalue weighted by Gasteiger charge is 2.58. The van der Waals surface area contributed by atoms with Gasteiger partial charge in [0, 0.05) is 0 Å². The Kier molecular flexibility index (Phi) is 8.59. The molecule has 0 spiro atoms. The van der Waals surface area contributed by atoms with Crippen molar-refractivity contribution in [2.45, 2.75) is 67.2 Å². The van der Waals surface area contributed by atoms with E-state index in [1.807, 2.05) is 41.5 Å². The van der Waals surface area contributed by atoms with E-state index in [4.69, 9.17) is 9.47 Å². The maximum absolute atomic E-state index is 13.1. The van der Waals surface area contributed by atoms with Crippen LogP contribution in [0.2, 0.25) is 0 Å². The zero-order valence-electron chi connectivity index (χ0n) is 17.2. The zero-order chi connectivity index (χ0) is 19.9. The van der Waals surface area contributed by atoms with E-state index in [1.165, 1.54) is 0 Å². The molecule has 0 heterocycles. The van der Waals surface area contributed by atoms with Gasteiger partial charge in [-0.3, -0.25) is 9.59 Å². The van der Waals surface area contributed by atoms with E-state index in [2.05, 4.69) is 6.07 Å². The molecule has 1 rings (SSSR count). The highest BCUT2D eigenvalue weighted by molar-refractivity contribution is 5.88. The average molecular weight is 366 g/mol. The first-order valence-electron chi connectivity index (χ1n) is 9.91. The third-order valence-corrected chi connectivity index (χ3v) is 5.04. The Balaban J connectivity index is 3.26. The van der Waals surface area contributed by atoms with E-state index in [0.717, 1.165) is 25.7 Å². The van der Waals surface area contributed by atoms with Gasteiger partial charge in [-0.25, -0.2) is 0 Å². The lowest BCUT2D eigenvalue weighted by molar-refractivity contribution is -0.173. The number of nitrogens with zero attached hydrogens (tertiary/aromatic N) is 1. The van der Waals surface area contributed by atoms with Crippen LogP contribution in [0.4, 0.5) is 0 Å². The molecule has 26 heavy (non-hydrogen) atoms. The fraction of sp³-hybridized carbons (Fsp3) is 0.857. The molecule has 0 aromatic rings. The van der Waals surface area contributed by atoms with Gasteiger partial charge in [-0.1, -0.05) is 54.4 Å². The van der Waals surface area contributed by atoms with Crippen molar-refractivity contribution < 1.29 is 19.1 Å². The molecule has 0 saturated heterocycles. The topological polar surface area (TPSA) is 76.4 Å². The van der Waals surface area contributed by atoms with Crippen LogP contribution in [0.1, 0.15) is 67.2 Å². The molecule has 0 aliphatic heterocycles. The second-order valence-corrected chi connectivity index (χ2v) is 8.70. The Labute approximate surface area is 158 Å². The van der Waals surface area contributed by atoms with Crippen LogP contribution in [-0.2, 0) is 19.1 Å². The van der Waals surface area contributed by atoms with Crippen LogP contribution in [0.15, 0.2) is 0 Å². The smallest absolute Gasteiger partial charge is 0.327 e. The van der Waals surface area contributed by atoms with Crippen LogP contribution < -0.4 is 0 Å². The molecule has 2 unspecified atom stereocenters. The van der Waals surface area contributed by atoms with Crippen LogP contribution in [0, 0.1) is 46.3 Å². The van der Waals surface area contributed by atoms with E-state index < -0.39 is 23.3 Å². The van der Waals surface area contributed by atoms with Crippen molar-refractivity contribution in [2.24, 2.45) is 35.0 Å². The van der Waals surface area contributed by atoms with E-state index in [0.29, 0.717) is 0 Å². The minimum Gasteiger partial charge on any atom is -0.465 e. The van der Waals surface area contributed by atoms with Crippen LogP contribution >= 0.6 is 0 Å². The predicted octanol–water partition coefficient (Wildman–Crippen LogP) is 4.36. The number of ether oxygens (including phenoxy) is 2. The Bertz CT molecular complexity index is 515. The van der Waals surface area contributed by atoms with E-state index in [9.17, 15) is 14.9 Å². The standard InChI is InChI=1S/C21H35NO4/c1-14(2)11-25-19(23)18(16(5)6)21(13-22,17-9-7-8-10-17)20(24)26-12-15(3)4/h14-18H,7-12H2,1-6H3. The molecular formula is C21H35NO4. The molecule has 1 saturated carbocycles. The summed E-state index contributed by atoms with van der Waals surface area (Å²) in [6, 6.07) is 2.26. The summed E-state index contributed by atoms with van der Waals surface area (Å²) in [5.41, 5.74) is -1.46. The second-order valence-electron chi connectivity index (χ2n) is 8.70. The third-order valence-electron chi connectivity index (χ3n) is 5.04. The van der Waals surface area contributed by atoms with Crippen molar-refractivity contribution in [3.05, 3.63) is 0 Å². The lowest BCUT2D eigenvalue weighted by Crippen LogP contribution is -2.50. The summed E-state index contributed by atoms with van der Waals surface area (Å²) < 4.78 is 11.0.